The van der Waals surface area contributed by atoms with Crippen molar-refractivity contribution in [3.8, 4) is 22.5 Å². The van der Waals surface area contributed by atoms with Crippen molar-refractivity contribution in [2.45, 2.75) is 33.2 Å². The molecule has 0 unspecified atom stereocenters. The van der Waals surface area contributed by atoms with Crippen LogP contribution >= 0.6 is 0 Å². The summed E-state index contributed by atoms with van der Waals surface area (Å²) >= 11 is 0. The molecule has 35 heavy (non-hydrogen) atoms. The number of nitrogens with zero attached hydrogens (tertiary/aromatic N) is 4. The van der Waals surface area contributed by atoms with E-state index >= 15 is 0 Å². The van der Waals surface area contributed by atoms with Gasteiger partial charge in [-0.15, -0.1) is 5.10 Å². The Morgan fingerprint density at radius 1 is 0.971 bits per heavy atom. The highest BCUT2D eigenvalue weighted by Gasteiger charge is 2.18. The molecule has 0 spiro atoms. The fourth-order valence-corrected chi connectivity index (χ4v) is 4.58. The maximum absolute atomic E-state index is 12.7. The van der Waals surface area contributed by atoms with Crippen LogP contribution in [0.3, 0.4) is 0 Å². The second-order valence-electron chi connectivity index (χ2n) is 8.43. The second kappa shape index (κ2) is 9.93. The molecule has 0 saturated carbocycles. The molecule has 2 aromatic heterocycles. The Hall–Kier alpha value is -4.26. The van der Waals surface area contributed by atoms with Gasteiger partial charge in [-0.05, 0) is 52.6 Å². The molecule has 0 amide bonds. The van der Waals surface area contributed by atoms with Gasteiger partial charge in [0.1, 0.15) is 0 Å². The molecular weight excluding hydrogens is 438 g/mol. The summed E-state index contributed by atoms with van der Waals surface area (Å²) in [5.41, 5.74) is 7.00. The van der Waals surface area contributed by atoms with Crippen molar-refractivity contribution in [3.63, 3.8) is 0 Å². The summed E-state index contributed by atoms with van der Waals surface area (Å²) in [6.45, 7) is 5.02. The number of ether oxygens (including phenoxy) is 1. The van der Waals surface area contributed by atoms with Crippen LogP contribution in [0.4, 0.5) is 0 Å². The fourth-order valence-electron chi connectivity index (χ4n) is 4.58. The van der Waals surface area contributed by atoms with E-state index in [9.17, 15) is 4.79 Å². The van der Waals surface area contributed by atoms with Crippen molar-refractivity contribution in [1.82, 2.24) is 25.2 Å². The van der Waals surface area contributed by atoms with E-state index in [-0.39, 0.29) is 5.97 Å². The van der Waals surface area contributed by atoms with Gasteiger partial charge in [-0.2, -0.15) is 0 Å². The summed E-state index contributed by atoms with van der Waals surface area (Å²) in [5.74, 6) is 0.355. The number of nitrogens with one attached hydrogen (secondary N) is 1. The number of aromatic amines is 1. The predicted octanol–water partition coefficient (Wildman–Crippen LogP) is 5.67. The summed E-state index contributed by atoms with van der Waals surface area (Å²) < 4.78 is 7.61. The third-order valence-electron chi connectivity index (χ3n) is 6.14. The van der Waals surface area contributed by atoms with Crippen LogP contribution in [0.2, 0.25) is 0 Å². The number of fused-ring (bicyclic) bond motifs is 1. The number of tetrazole rings is 1. The fraction of sp³-hybridized carbons (Fsp3) is 0.214. The predicted molar refractivity (Wildman–Crippen MR) is 136 cm³/mol. The van der Waals surface area contributed by atoms with Crippen molar-refractivity contribution < 1.29 is 9.53 Å². The van der Waals surface area contributed by atoms with E-state index in [4.69, 9.17) is 4.74 Å². The first-order chi connectivity index (χ1) is 17.2. The van der Waals surface area contributed by atoms with Gasteiger partial charge >= 0.3 is 5.97 Å². The van der Waals surface area contributed by atoms with Gasteiger partial charge in [0.05, 0.1) is 17.7 Å². The number of carbonyl (C=O) groups is 1. The topological polar surface area (TPSA) is 85.7 Å². The minimum absolute atomic E-state index is 0.283. The molecule has 2 heterocycles. The van der Waals surface area contributed by atoms with Gasteiger partial charge in [-0.25, -0.2) is 9.89 Å². The molecule has 0 radical (unpaired) electrons. The number of benzene rings is 3. The Kier molecular flexibility index (Phi) is 6.39. The van der Waals surface area contributed by atoms with Crippen LogP contribution in [0, 0.1) is 0 Å². The molecule has 1 N–H and O–H groups in total. The third kappa shape index (κ3) is 4.45. The first kappa shape index (κ1) is 22.5. The molecule has 0 aliphatic rings. The Bertz CT molecular complexity index is 1450. The minimum atomic E-state index is -0.283. The summed E-state index contributed by atoms with van der Waals surface area (Å²) in [6, 6.07) is 24.6. The minimum Gasteiger partial charge on any atom is -0.462 e. The number of hydrogen-bond acceptors (Lipinski definition) is 5. The van der Waals surface area contributed by atoms with E-state index in [1.54, 1.807) is 0 Å². The number of para-hydroxylation sites is 1. The molecule has 176 valence electrons. The second-order valence-corrected chi connectivity index (χ2v) is 8.43. The van der Waals surface area contributed by atoms with Crippen LogP contribution in [0.1, 0.15) is 41.9 Å². The zero-order valence-corrected chi connectivity index (χ0v) is 19.9. The van der Waals surface area contributed by atoms with Gasteiger partial charge < -0.3 is 9.30 Å². The average molecular weight is 466 g/mol. The Morgan fingerprint density at radius 2 is 1.77 bits per heavy atom. The molecule has 0 fully saturated rings. The molecule has 0 atom stereocenters. The zero-order valence-electron chi connectivity index (χ0n) is 19.9. The maximum Gasteiger partial charge on any atom is 0.340 e. The van der Waals surface area contributed by atoms with Crippen molar-refractivity contribution in [2.24, 2.45) is 0 Å². The summed E-state index contributed by atoms with van der Waals surface area (Å²) in [4.78, 5) is 12.7. The highest BCUT2D eigenvalue weighted by Crippen LogP contribution is 2.31. The standard InChI is InChI=1S/C28H27N5O2/c1-3-8-22-17-21-9-7-12-25(28(34)35-4-2)26(21)33(22)18-19-13-15-20(16-14-19)23-10-5-6-11-24(23)27-29-31-32-30-27/h5-7,9-17H,3-4,8,18H2,1-2H3,(H,29,30,31,32). The van der Waals surface area contributed by atoms with Gasteiger partial charge in [0.25, 0.3) is 0 Å². The van der Waals surface area contributed by atoms with Crippen LogP contribution in [0.25, 0.3) is 33.4 Å². The molecule has 0 aliphatic heterocycles. The van der Waals surface area contributed by atoms with Gasteiger partial charge in [-0.1, -0.05) is 74.0 Å². The lowest BCUT2D eigenvalue weighted by atomic mass is 9.98. The van der Waals surface area contributed by atoms with Crippen molar-refractivity contribution in [1.29, 1.82) is 0 Å². The first-order valence-corrected chi connectivity index (χ1v) is 11.9. The van der Waals surface area contributed by atoms with E-state index < -0.39 is 0 Å². The van der Waals surface area contributed by atoms with Gasteiger partial charge in [-0.3, -0.25) is 0 Å². The van der Waals surface area contributed by atoms with E-state index in [1.165, 1.54) is 5.69 Å². The van der Waals surface area contributed by atoms with Crippen LogP contribution in [-0.4, -0.2) is 37.8 Å². The van der Waals surface area contributed by atoms with Crippen molar-refractivity contribution >= 4 is 16.9 Å². The third-order valence-corrected chi connectivity index (χ3v) is 6.14. The Labute approximate surface area is 203 Å². The summed E-state index contributed by atoms with van der Waals surface area (Å²) in [7, 11) is 0. The first-order valence-electron chi connectivity index (χ1n) is 11.9. The quantitative estimate of drug-likeness (QED) is 0.299. The van der Waals surface area contributed by atoms with Crippen LogP contribution < -0.4 is 0 Å². The van der Waals surface area contributed by atoms with Crippen LogP contribution in [0.15, 0.2) is 72.8 Å². The number of H-pyrrole nitrogens is 1. The molecule has 7 heteroatoms. The number of aryl methyl sites for hydroxylation is 1. The number of carbonyl (C=O) groups excluding carboxylic acids is 1. The monoisotopic (exact) mass is 465 g/mol. The number of rotatable bonds is 8. The van der Waals surface area contributed by atoms with Crippen molar-refractivity contribution in [2.75, 3.05) is 6.61 Å². The van der Waals surface area contributed by atoms with E-state index in [0.29, 0.717) is 24.5 Å². The van der Waals surface area contributed by atoms with E-state index in [1.807, 2.05) is 37.3 Å². The lowest BCUT2D eigenvalue weighted by molar-refractivity contribution is 0.0528. The summed E-state index contributed by atoms with van der Waals surface area (Å²) in [6.07, 6.45) is 1.96. The molecule has 7 nitrogen and oxygen atoms in total. The molecule has 0 aliphatic carbocycles. The SMILES string of the molecule is CCCc1cc2cccc(C(=O)OCC)c2n1Cc1ccc(-c2ccccc2-c2nnn[nH]2)cc1. The van der Waals surface area contributed by atoms with Crippen molar-refractivity contribution in [3.05, 3.63) is 89.6 Å². The zero-order chi connectivity index (χ0) is 24.2. The highest BCUT2D eigenvalue weighted by molar-refractivity contribution is 6.03. The Morgan fingerprint density at radius 3 is 2.49 bits per heavy atom. The lowest BCUT2D eigenvalue weighted by Gasteiger charge is -2.14. The van der Waals surface area contributed by atoms with E-state index in [2.05, 4.69) is 74.6 Å². The van der Waals surface area contributed by atoms with Crippen LogP contribution in [-0.2, 0) is 17.7 Å². The highest BCUT2D eigenvalue weighted by atomic mass is 16.5. The van der Waals surface area contributed by atoms with Gasteiger partial charge in [0.15, 0.2) is 5.82 Å². The molecule has 5 rings (SSSR count). The number of hydrogen-bond donors (Lipinski definition) is 1. The van der Waals surface area contributed by atoms with E-state index in [0.717, 1.165) is 46.0 Å². The van der Waals surface area contributed by atoms with Gasteiger partial charge in [0, 0.05) is 23.2 Å². The normalized spacial score (nSPS) is 11.1. The van der Waals surface area contributed by atoms with Gasteiger partial charge in [0.2, 0.25) is 0 Å². The molecular formula is C28H27N5O2. The molecule has 0 saturated heterocycles. The maximum atomic E-state index is 12.7. The molecule has 0 bridgehead atoms. The smallest absolute Gasteiger partial charge is 0.340 e. The Balaban J connectivity index is 1.52. The molecule has 5 aromatic rings. The summed E-state index contributed by atoms with van der Waals surface area (Å²) in [5, 5.41) is 15.4. The lowest BCUT2D eigenvalue weighted by Crippen LogP contribution is -2.10. The van der Waals surface area contributed by atoms with Crippen LogP contribution in [0.5, 0.6) is 0 Å². The number of esters is 1. The number of aromatic nitrogens is 5. The average Bonchev–Trinajstić information content (AvgIpc) is 3.54. The largest absolute Gasteiger partial charge is 0.462 e. The molecule has 3 aromatic carbocycles.